The SMILES string of the molecule is CC(C)NC(C(=O)O)c1ncc(Cl)s1. The van der Waals surface area contributed by atoms with Gasteiger partial charge in [-0.25, -0.2) is 4.98 Å². The van der Waals surface area contributed by atoms with Crippen LogP contribution in [-0.4, -0.2) is 22.1 Å². The first-order valence-corrected chi connectivity index (χ1v) is 5.30. The monoisotopic (exact) mass is 234 g/mol. The minimum atomic E-state index is -0.940. The molecule has 2 N–H and O–H groups in total. The Hall–Kier alpha value is -0.650. The maximum atomic E-state index is 10.9. The van der Waals surface area contributed by atoms with Crippen molar-refractivity contribution in [3.8, 4) is 0 Å². The van der Waals surface area contributed by atoms with Crippen molar-refractivity contribution in [1.29, 1.82) is 0 Å². The Bertz CT molecular complexity index is 327. The van der Waals surface area contributed by atoms with Gasteiger partial charge < -0.3 is 5.11 Å². The van der Waals surface area contributed by atoms with E-state index in [4.69, 9.17) is 16.7 Å². The highest BCUT2D eigenvalue weighted by molar-refractivity contribution is 7.16. The molecular formula is C8H11ClN2O2S. The van der Waals surface area contributed by atoms with Crippen LogP contribution < -0.4 is 5.32 Å². The van der Waals surface area contributed by atoms with Crippen LogP contribution in [0.5, 0.6) is 0 Å². The summed E-state index contributed by atoms with van der Waals surface area (Å²) in [6.07, 6.45) is 1.46. The van der Waals surface area contributed by atoms with Crippen molar-refractivity contribution in [2.45, 2.75) is 25.9 Å². The van der Waals surface area contributed by atoms with Crippen molar-refractivity contribution in [3.05, 3.63) is 15.5 Å². The summed E-state index contributed by atoms with van der Waals surface area (Å²) in [6, 6.07) is -0.689. The maximum absolute atomic E-state index is 10.9. The van der Waals surface area contributed by atoms with Gasteiger partial charge in [-0.1, -0.05) is 11.6 Å². The van der Waals surface area contributed by atoms with Crippen molar-refractivity contribution < 1.29 is 9.90 Å². The number of thiazole rings is 1. The minimum Gasteiger partial charge on any atom is -0.480 e. The number of aliphatic carboxylic acids is 1. The summed E-state index contributed by atoms with van der Waals surface area (Å²) in [5, 5.41) is 12.3. The molecule has 0 amide bonds. The van der Waals surface area contributed by atoms with Gasteiger partial charge in [0.1, 0.15) is 9.34 Å². The van der Waals surface area contributed by atoms with Gasteiger partial charge in [0.05, 0.1) is 6.20 Å². The highest BCUT2D eigenvalue weighted by Gasteiger charge is 2.23. The van der Waals surface area contributed by atoms with Crippen LogP contribution in [0.1, 0.15) is 24.9 Å². The highest BCUT2D eigenvalue weighted by Crippen LogP contribution is 2.24. The highest BCUT2D eigenvalue weighted by atomic mass is 35.5. The van der Waals surface area contributed by atoms with Crippen molar-refractivity contribution in [1.82, 2.24) is 10.3 Å². The Kier molecular flexibility index (Phi) is 3.86. The van der Waals surface area contributed by atoms with Crippen LogP contribution in [0.4, 0.5) is 0 Å². The van der Waals surface area contributed by atoms with Gasteiger partial charge in [-0.05, 0) is 13.8 Å². The molecule has 1 unspecified atom stereocenters. The number of nitrogens with zero attached hydrogens (tertiary/aromatic N) is 1. The number of hydrogen-bond donors (Lipinski definition) is 2. The van der Waals surface area contributed by atoms with E-state index < -0.39 is 12.0 Å². The Morgan fingerprint density at radius 1 is 1.71 bits per heavy atom. The van der Waals surface area contributed by atoms with E-state index in [1.54, 1.807) is 0 Å². The number of carboxylic acids is 1. The van der Waals surface area contributed by atoms with Crippen LogP contribution in [0.3, 0.4) is 0 Å². The number of carboxylic acid groups (broad SMARTS) is 1. The summed E-state index contributed by atoms with van der Waals surface area (Å²) in [7, 11) is 0. The average molecular weight is 235 g/mol. The summed E-state index contributed by atoms with van der Waals surface area (Å²) in [4.78, 5) is 14.8. The molecule has 1 rings (SSSR count). The molecule has 0 fully saturated rings. The van der Waals surface area contributed by atoms with Gasteiger partial charge in [0.2, 0.25) is 0 Å². The molecule has 0 radical (unpaired) electrons. The molecule has 14 heavy (non-hydrogen) atoms. The van der Waals surface area contributed by atoms with E-state index in [1.165, 1.54) is 17.5 Å². The summed E-state index contributed by atoms with van der Waals surface area (Å²) >= 11 is 6.86. The van der Waals surface area contributed by atoms with Gasteiger partial charge >= 0.3 is 5.97 Å². The summed E-state index contributed by atoms with van der Waals surface area (Å²) < 4.78 is 0.497. The maximum Gasteiger partial charge on any atom is 0.327 e. The first kappa shape index (κ1) is 11.4. The van der Waals surface area contributed by atoms with E-state index in [0.29, 0.717) is 9.34 Å². The summed E-state index contributed by atoms with van der Waals surface area (Å²) in [5.74, 6) is -0.940. The van der Waals surface area contributed by atoms with Crippen molar-refractivity contribution in [3.63, 3.8) is 0 Å². The number of halogens is 1. The second-order valence-electron chi connectivity index (χ2n) is 3.10. The van der Waals surface area contributed by atoms with E-state index in [2.05, 4.69) is 10.3 Å². The minimum absolute atomic E-state index is 0.0822. The third kappa shape index (κ3) is 2.94. The quantitative estimate of drug-likeness (QED) is 0.836. The summed E-state index contributed by atoms with van der Waals surface area (Å²) in [5.41, 5.74) is 0. The average Bonchev–Trinajstić information content (AvgIpc) is 2.46. The lowest BCUT2D eigenvalue weighted by Gasteiger charge is -2.14. The third-order valence-electron chi connectivity index (χ3n) is 1.49. The van der Waals surface area contributed by atoms with Gasteiger partial charge in [0, 0.05) is 6.04 Å². The van der Waals surface area contributed by atoms with E-state index in [-0.39, 0.29) is 6.04 Å². The van der Waals surface area contributed by atoms with E-state index in [1.807, 2.05) is 13.8 Å². The number of nitrogens with one attached hydrogen (secondary N) is 1. The molecule has 1 heterocycles. The molecule has 0 bridgehead atoms. The van der Waals surface area contributed by atoms with Crippen LogP contribution >= 0.6 is 22.9 Å². The zero-order valence-electron chi connectivity index (χ0n) is 7.82. The predicted molar refractivity (Wildman–Crippen MR) is 55.8 cm³/mol. The fourth-order valence-electron chi connectivity index (χ4n) is 0.982. The first-order chi connectivity index (χ1) is 6.50. The number of hydrogen-bond acceptors (Lipinski definition) is 4. The smallest absolute Gasteiger partial charge is 0.327 e. The van der Waals surface area contributed by atoms with Crippen LogP contribution in [0, 0.1) is 0 Å². The lowest BCUT2D eigenvalue weighted by Crippen LogP contribution is -2.33. The van der Waals surface area contributed by atoms with Crippen molar-refractivity contribution in [2.75, 3.05) is 0 Å². The Labute approximate surface area is 90.9 Å². The molecule has 4 nitrogen and oxygen atoms in total. The fourth-order valence-corrected chi connectivity index (χ4v) is 1.97. The molecule has 1 aromatic rings. The van der Waals surface area contributed by atoms with Crippen LogP contribution in [0.25, 0.3) is 0 Å². The van der Waals surface area contributed by atoms with Gasteiger partial charge in [-0.3, -0.25) is 10.1 Å². The van der Waals surface area contributed by atoms with E-state index in [0.717, 1.165) is 0 Å². The molecule has 6 heteroatoms. The second kappa shape index (κ2) is 4.72. The molecule has 0 saturated heterocycles. The molecular weight excluding hydrogens is 224 g/mol. The van der Waals surface area contributed by atoms with Crippen LogP contribution in [0.2, 0.25) is 4.34 Å². The van der Waals surface area contributed by atoms with Gasteiger partial charge in [-0.2, -0.15) is 0 Å². The number of carbonyl (C=O) groups is 1. The molecule has 0 aliphatic rings. The van der Waals surface area contributed by atoms with Gasteiger partial charge in [0.15, 0.2) is 6.04 Å². The Morgan fingerprint density at radius 3 is 2.71 bits per heavy atom. The molecule has 1 atom stereocenters. The van der Waals surface area contributed by atoms with Gasteiger partial charge in [-0.15, -0.1) is 11.3 Å². The number of rotatable bonds is 4. The zero-order valence-corrected chi connectivity index (χ0v) is 9.39. The molecule has 0 aromatic carbocycles. The normalized spacial score (nSPS) is 13.1. The van der Waals surface area contributed by atoms with Gasteiger partial charge in [0.25, 0.3) is 0 Å². The molecule has 1 aromatic heterocycles. The molecule has 78 valence electrons. The lowest BCUT2D eigenvalue weighted by molar-refractivity contribution is -0.139. The standard InChI is InChI=1S/C8H11ClN2O2S/c1-4(2)11-6(8(12)13)7-10-3-5(9)14-7/h3-4,6,11H,1-2H3,(H,12,13). The Morgan fingerprint density at radius 2 is 2.36 bits per heavy atom. The molecule has 0 aliphatic heterocycles. The topological polar surface area (TPSA) is 62.2 Å². The number of aromatic nitrogens is 1. The van der Waals surface area contributed by atoms with Crippen LogP contribution in [0.15, 0.2) is 6.20 Å². The lowest BCUT2D eigenvalue weighted by atomic mass is 10.2. The van der Waals surface area contributed by atoms with E-state index >= 15 is 0 Å². The van der Waals surface area contributed by atoms with Crippen molar-refractivity contribution >= 4 is 28.9 Å². The summed E-state index contributed by atoms with van der Waals surface area (Å²) in [6.45, 7) is 3.76. The largest absolute Gasteiger partial charge is 0.480 e. The molecule has 0 saturated carbocycles. The molecule has 0 aliphatic carbocycles. The second-order valence-corrected chi connectivity index (χ2v) is 4.79. The van der Waals surface area contributed by atoms with Crippen LogP contribution in [-0.2, 0) is 4.79 Å². The van der Waals surface area contributed by atoms with E-state index in [9.17, 15) is 4.79 Å². The zero-order chi connectivity index (χ0) is 10.7. The Balaban J connectivity index is 2.83. The predicted octanol–water partition coefficient (Wildman–Crippen LogP) is 1.92. The first-order valence-electron chi connectivity index (χ1n) is 4.10. The van der Waals surface area contributed by atoms with Crippen molar-refractivity contribution in [2.24, 2.45) is 0 Å². The third-order valence-corrected chi connectivity index (χ3v) is 2.67. The molecule has 0 spiro atoms. The fraction of sp³-hybridized carbons (Fsp3) is 0.500.